The Bertz CT molecular complexity index is 510. The van der Waals surface area contributed by atoms with Crippen molar-refractivity contribution in [3.8, 4) is 0 Å². The Morgan fingerprint density at radius 2 is 2.05 bits per heavy atom. The van der Waals surface area contributed by atoms with Gasteiger partial charge >= 0.3 is 0 Å². The Morgan fingerprint density at radius 1 is 1.37 bits per heavy atom. The minimum Gasteiger partial charge on any atom is -0.315 e. The number of benzene rings is 1. The van der Waals surface area contributed by atoms with E-state index in [0.717, 1.165) is 25.9 Å². The third-order valence-electron chi connectivity index (χ3n) is 3.41. The van der Waals surface area contributed by atoms with Gasteiger partial charge in [-0.15, -0.1) is 0 Å². The third kappa shape index (κ3) is 3.28. The second-order valence-corrected chi connectivity index (χ2v) is 6.99. The van der Waals surface area contributed by atoms with Crippen molar-refractivity contribution in [1.82, 2.24) is 9.62 Å². The van der Waals surface area contributed by atoms with Crippen molar-refractivity contribution in [2.45, 2.75) is 30.7 Å². The van der Waals surface area contributed by atoms with Crippen molar-refractivity contribution < 1.29 is 8.42 Å². The van der Waals surface area contributed by atoms with Crippen LogP contribution in [0.25, 0.3) is 0 Å². The molecule has 1 aromatic carbocycles. The highest BCUT2D eigenvalue weighted by Gasteiger charge is 2.30. The van der Waals surface area contributed by atoms with Crippen LogP contribution in [0, 0.1) is 0 Å². The SMILES string of the molecule is CCN(C1CCCNC1)S(=O)(=O)c1ccc(Cl)cc1. The van der Waals surface area contributed by atoms with Gasteiger partial charge in [0.2, 0.25) is 10.0 Å². The van der Waals surface area contributed by atoms with Gasteiger partial charge in [0.1, 0.15) is 0 Å². The van der Waals surface area contributed by atoms with Gasteiger partial charge in [0.15, 0.2) is 0 Å². The Balaban J connectivity index is 2.27. The summed E-state index contributed by atoms with van der Waals surface area (Å²) in [6.45, 7) is 4.05. The fourth-order valence-corrected chi connectivity index (χ4v) is 4.23. The Labute approximate surface area is 119 Å². The van der Waals surface area contributed by atoms with E-state index in [0.29, 0.717) is 16.5 Å². The van der Waals surface area contributed by atoms with Crippen LogP contribution >= 0.6 is 11.6 Å². The van der Waals surface area contributed by atoms with E-state index in [-0.39, 0.29) is 6.04 Å². The number of rotatable bonds is 4. The van der Waals surface area contributed by atoms with Crippen molar-refractivity contribution in [2.24, 2.45) is 0 Å². The summed E-state index contributed by atoms with van der Waals surface area (Å²) in [4.78, 5) is 0.310. The molecule has 1 aromatic rings. The minimum absolute atomic E-state index is 0.0411. The summed E-state index contributed by atoms with van der Waals surface area (Å²) in [5.41, 5.74) is 0. The molecule has 1 fully saturated rings. The molecule has 0 aromatic heterocycles. The number of piperidine rings is 1. The molecule has 106 valence electrons. The summed E-state index contributed by atoms with van der Waals surface area (Å²) in [7, 11) is -3.43. The van der Waals surface area contributed by atoms with Crippen molar-refractivity contribution in [1.29, 1.82) is 0 Å². The lowest BCUT2D eigenvalue weighted by Gasteiger charge is -2.33. The van der Waals surface area contributed by atoms with Crippen molar-refractivity contribution in [3.05, 3.63) is 29.3 Å². The molecule has 4 nitrogen and oxygen atoms in total. The van der Waals surface area contributed by atoms with Gasteiger partial charge < -0.3 is 5.32 Å². The van der Waals surface area contributed by atoms with E-state index < -0.39 is 10.0 Å². The molecule has 0 saturated carbocycles. The van der Waals surface area contributed by atoms with Crippen LogP contribution in [-0.2, 0) is 10.0 Å². The van der Waals surface area contributed by atoms with Gasteiger partial charge in [0.25, 0.3) is 0 Å². The van der Waals surface area contributed by atoms with Gasteiger partial charge in [-0.2, -0.15) is 4.31 Å². The maximum atomic E-state index is 12.6. The molecule has 1 N–H and O–H groups in total. The number of hydrogen-bond acceptors (Lipinski definition) is 3. The number of nitrogens with one attached hydrogen (secondary N) is 1. The molecule has 0 bridgehead atoms. The van der Waals surface area contributed by atoms with Gasteiger partial charge in [-0.1, -0.05) is 18.5 Å². The molecule has 0 amide bonds. The summed E-state index contributed by atoms with van der Waals surface area (Å²) < 4.78 is 26.8. The highest BCUT2D eigenvalue weighted by molar-refractivity contribution is 7.89. The van der Waals surface area contributed by atoms with Crippen LogP contribution in [0.1, 0.15) is 19.8 Å². The van der Waals surface area contributed by atoms with E-state index in [2.05, 4.69) is 5.32 Å². The summed E-state index contributed by atoms with van der Waals surface area (Å²) >= 11 is 5.81. The number of likely N-dealkylation sites (N-methyl/N-ethyl adjacent to an activating group) is 1. The first-order valence-corrected chi connectivity index (χ1v) is 8.35. The normalized spacial score (nSPS) is 20.7. The molecule has 2 rings (SSSR count). The predicted octanol–water partition coefficient (Wildman–Crippen LogP) is 2.10. The van der Waals surface area contributed by atoms with E-state index in [9.17, 15) is 8.42 Å². The number of halogens is 1. The van der Waals surface area contributed by atoms with E-state index in [4.69, 9.17) is 11.6 Å². The first-order chi connectivity index (χ1) is 9.05. The molecule has 1 atom stereocenters. The quantitative estimate of drug-likeness (QED) is 0.926. The van der Waals surface area contributed by atoms with E-state index in [1.54, 1.807) is 28.6 Å². The highest BCUT2D eigenvalue weighted by atomic mass is 35.5. The lowest BCUT2D eigenvalue weighted by atomic mass is 10.1. The Kier molecular flexibility index (Phi) is 4.84. The van der Waals surface area contributed by atoms with Crippen LogP contribution in [0.3, 0.4) is 0 Å². The van der Waals surface area contributed by atoms with E-state index >= 15 is 0 Å². The molecule has 1 saturated heterocycles. The minimum atomic E-state index is -3.43. The summed E-state index contributed by atoms with van der Waals surface area (Å²) in [6.07, 6.45) is 1.92. The smallest absolute Gasteiger partial charge is 0.243 e. The third-order valence-corrected chi connectivity index (χ3v) is 5.70. The van der Waals surface area contributed by atoms with Gasteiger partial charge in [-0.05, 0) is 43.7 Å². The molecular weight excluding hydrogens is 284 g/mol. The monoisotopic (exact) mass is 302 g/mol. The Hall–Kier alpha value is -0.620. The van der Waals surface area contributed by atoms with Crippen molar-refractivity contribution >= 4 is 21.6 Å². The molecule has 1 unspecified atom stereocenters. The number of nitrogens with zero attached hydrogens (tertiary/aromatic N) is 1. The maximum absolute atomic E-state index is 12.6. The molecule has 1 aliphatic rings. The zero-order chi connectivity index (χ0) is 13.9. The maximum Gasteiger partial charge on any atom is 0.243 e. The second kappa shape index (κ2) is 6.22. The molecule has 0 spiro atoms. The molecular formula is C13H19ClN2O2S. The summed E-state index contributed by atoms with van der Waals surface area (Å²) in [5, 5.41) is 3.80. The Morgan fingerprint density at radius 3 is 2.58 bits per heavy atom. The van der Waals surface area contributed by atoms with Gasteiger partial charge in [0, 0.05) is 24.2 Å². The number of sulfonamides is 1. The van der Waals surface area contributed by atoms with Crippen LogP contribution in [0.4, 0.5) is 0 Å². The molecule has 19 heavy (non-hydrogen) atoms. The first-order valence-electron chi connectivity index (χ1n) is 6.54. The molecule has 1 heterocycles. The highest BCUT2D eigenvalue weighted by Crippen LogP contribution is 2.22. The van der Waals surface area contributed by atoms with Gasteiger partial charge in [0.05, 0.1) is 4.90 Å². The lowest BCUT2D eigenvalue weighted by Crippen LogP contribution is -2.48. The molecule has 0 aliphatic carbocycles. The van der Waals surface area contributed by atoms with Gasteiger partial charge in [-0.3, -0.25) is 0 Å². The van der Waals surface area contributed by atoms with Crippen molar-refractivity contribution in [3.63, 3.8) is 0 Å². The molecule has 6 heteroatoms. The predicted molar refractivity (Wildman–Crippen MR) is 76.9 cm³/mol. The average molecular weight is 303 g/mol. The topological polar surface area (TPSA) is 49.4 Å². The number of hydrogen-bond donors (Lipinski definition) is 1. The zero-order valence-electron chi connectivity index (χ0n) is 11.0. The zero-order valence-corrected chi connectivity index (χ0v) is 12.5. The van der Waals surface area contributed by atoms with Crippen molar-refractivity contribution in [2.75, 3.05) is 19.6 Å². The van der Waals surface area contributed by atoms with E-state index in [1.807, 2.05) is 6.92 Å². The fourth-order valence-electron chi connectivity index (χ4n) is 2.45. The van der Waals surface area contributed by atoms with Crippen LogP contribution in [0.5, 0.6) is 0 Å². The largest absolute Gasteiger partial charge is 0.315 e. The fraction of sp³-hybridized carbons (Fsp3) is 0.538. The van der Waals surface area contributed by atoms with Gasteiger partial charge in [-0.25, -0.2) is 8.42 Å². The van der Waals surface area contributed by atoms with Crippen LogP contribution in [0.2, 0.25) is 5.02 Å². The summed E-state index contributed by atoms with van der Waals surface area (Å²) in [5.74, 6) is 0. The van der Waals surface area contributed by atoms with Crippen LogP contribution < -0.4 is 5.32 Å². The average Bonchev–Trinajstić information content (AvgIpc) is 2.41. The van der Waals surface area contributed by atoms with E-state index in [1.165, 1.54) is 0 Å². The second-order valence-electron chi connectivity index (χ2n) is 4.66. The standard InChI is InChI=1S/C13H19ClN2O2S/c1-2-16(12-4-3-9-15-10-12)19(17,18)13-7-5-11(14)6-8-13/h5-8,12,15H,2-4,9-10H2,1H3. The molecule has 1 aliphatic heterocycles. The van der Waals surface area contributed by atoms with Crippen LogP contribution in [-0.4, -0.2) is 38.4 Å². The molecule has 0 radical (unpaired) electrons. The first kappa shape index (κ1) is 14.8. The van der Waals surface area contributed by atoms with Crippen LogP contribution in [0.15, 0.2) is 29.2 Å². The lowest BCUT2D eigenvalue weighted by molar-refractivity contribution is 0.274. The summed E-state index contributed by atoms with van der Waals surface area (Å²) in [6, 6.07) is 6.40.